The Labute approximate surface area is 169 Å². The van der Waals surface area contributed by atoms with Crippen molar-refractivity contribution in [2.75, 3.05) is 12.8 Å². The summed E-state index contributed by atoms with van der Waals surface area (Å²) in [6.07, 6.45) is -0.179. The van der Waals surface area contributed by atoms with Crippen molar-refractivity contribution in [3.63, 3.8) is 0 Å². The number of amides is 1. The monoisotopic (exact) mass is 420 g/mol. The zero-order chi connectivity index (χ0) is 21.3. The molecule has 0 aromatic heterocycles. The van der Waals surface area contributed by atoms with Gasteiger partial charge in [-0.3, -0.25) is 19.5 Å². The molecule has 8 nitrogen and oxygen atoms in total. The van der Waals surface area contributed by atoms with Gasteiger partial charge in [-0.15, -0.1) is 0 Å². The molecule has 1 atom stereocenters. The zero-order valence-electron chi connectivity index (χ0n) is 15.8. The molecular weight excluding hydrogens is 395 g/mol. The lowest BCUT2D eigenvalue weighted by Crippen LogP contribution is -2.46. The molecule has 0 aliphatic heterocycles. The average molecular weight is 420 g/mol. The highest BCUT2D eigenvalue weighted by molar-refractivity contribution is 7.51. The fraction of sp³-hybridized carbons (Fsp3) is 0.300. The second-order valence-corrected chi connectivity index (χ2v) is 8.28. The molecule has 0 heterocycles. The maximum Gasteiger partial charge on any atom is 0.339 e. The number of carboxylic acid groups (broad SMARTS) is 1. The van der Waals surface area contributed by atoms with Gasteiger partial charge in [0.15, 0.2) is 0 Å². The fourth-order valence-electron chi connectivity index (χ4n) is 2.76. The molecule has 2 aromatic carbocycles. The Kier molecular flexibility index (Phi) is 8.54. The average Bonchev–Trinajstić information content (AvgIpc) is 2.68. The number of rotatable bonds is 11. The molecule has 2 aromatic rings. The highest BCUT2D eigenvalue weighted by atomic mass is 31.2. The van der Waals surface area contributed by atoms with Crippen LogP contribution in [0.3, 0.4) is 0 Å². The number of nitrogens with one attached hydrogen (secondary N) is 2. The molecule has 0 saturated carbocycles. The standard InChI is InChI=1S/C20H25N2O6P/c23-19(24)7-4-12-21-20(25)18(22-14-29(26,27)28)13-15-8-10-17(11-9-15)16-5-2-1-3-6-16/h1-3,5-6,8-11,18,22H,4,7,12-14H2,(H,21,25)(H,23,24)(H2,26,27,28)/t18-/m0/s1. The second kappa shape index (κ2) is 10.9. The summed E-state index contributed by atoms with van der Waals surface area (Å²) in [6, 6.07) is 16.5. The Morgan fingerprint density at radius 2 is 1.59 bits per heavy atom. The van der Waals surface area contributed by atoms with Gasteiger partial charge >= 0.3 is 13.6 Å². The van der Waals surface area contributed by atoms with Gasteiger partial charge in [-0.05, 0) is 29.5 Å². The predicted octanol–water partition coefficient (Wildman–Crippen LogP) is 1.97. The smallest absolute Gasteiger partial charge is 0.339 e. The first-order valence-corrected chi connectivity index (χ1v) is 11.0. The molecule has 5 N–H and O–H groups in total. The van der Waals surface area contributed by atoms with E-state index in [0.717, 1.165) is 16.7 Å². The van der Waals surface area contributed by atoms with Crippen LogP contribution in [0.2, 0.25) is 0 Å². The molecular formula is C20H25N2O6P. The Morgan fingerprint density at radius 3 is 2.17 bits per heavy atom. The van der Waals surface area contributed by atoms with Gasteiger partial charge in [0, 0.05) is 13.0 Å². The number of carbonyl (C=O) groups excluding carboxylic acids is 1. The van der Waals surface area contributed by atoms with E-state index in [1.165, 1.54) is 0 Å². The van der Waals surface area contributed by atoms with Crippen LogP contribution >= 0.6 is 7.60 Å². The van der Waals surface area contributed by atoms with Crippen molar-refractivity contribution in [3.8, 4) is 11.1 Å². The lowest BCUT2D eigenvalue weighted by atomic mass is 10.0. The highest BCUT2D eigenvalue weighted by Crippen LogP contribution is 2.32. The zero-order valence-corrected chi connectivity index (χ0v) is 16.7. The third kappa shape index (κ3) is 8.58. The molecule has 0 unspecified atom stereocenters. The molecule has 0 aliphatic carbocycles. The minimum absolute atomic E-state index is 0.0677. The molecule has 0 bridgehead atoms. The lowest BCUT2D eigenvalue weighted by molar-refractivity contribution is -0.137. The Balaban J connectivity index is 2.02. The molecule has 1 amide bonds. The van der Waals surface area contributed by atoms with Crippen molar-refractivity contribution >= 4 is 19.5 Å². The molecule has 156 valence electrons. The number of hydrogen-bond acceptors (Lipinski definition) is 4. The van der Waals surface area contributed by atoms with E-state index in [-0.39, 0.29) is 25.8 Å². The van der Waals surface area contributed by atoms with Crippen LogP contribution in [0.15, 0.2) is 54.6 Å². The van der Waals surface area contributed by atoms with Crippen molar-refractivity contribution < 1.29 is 29.0 Å². The largest absolute Gasteiger partial charge is 0.481 e. The first kappa shape index (κ1) is 22.8. The van der Waals surface area contributed by atoms with E-state index in [1.807, 2.05) is 54.6 Å². The molecule has 0 spiro atoms. The lowest BCUT2D eigenvalue weighted by Gasteiger charge is -2.19. The minimum Gasteiger partial charge on any atom is -0.481 e. The molecule has 0 aliphatic rings. The Hall–Kier alpha value is -2.51. The predicted molar refractivity (Wildman–Crippen MR) is 109 cm³/mol. The Morgan fingerprint density at radius 1 is 0.966 bits per heavy atom. The van der Waals surface area contributed by atoms with Crippen LogP contribution in [0.1, 0.15) is 18.4 Å². The second-order valence-electron chi connectivity index (χ2n) is 6.63. The van der Waals surface area contributed by atoms with Crippen LogP contribution in [0.5, 0.6) is 0 Å². The third-order valence-corrected chi connectivity index (χ3v) is 4.82. The first-order valence-electron chi connectivity index (χ1n) is 9.16. The van der Waals surface area contributed by atoms with Gasteiger partial charge in [0.05, 0.1) is 12.3 Å². The number of hydrogen-bond donors (Lipinski definition) is 5. The highest BCUT2D eigenvalue weighted by Gasteiger charge is 2.22. The normalized spacial score (nSPS) is 12.3. The van der Waals surface area contributed by atoms with E-state index < -0.39 is 31.8 Å². The molecule has 0 saturated heterocycles. The summed E-state index contributed by atoms with van der Waals surface area (Å²) in [5, 5.41) is 13.9. The van der Waals surface area contributed by atoms with E-state index in [2.05, 4.69) is 10.6 Å². The number of carbonyl (C=O) groups is 2. The Bertz CT molecular complexity index is 851. The van der Waals surface area contributed by atoms with E-state index in [4.69, 9.17) is 14.9 Å². The minimum atomic E-state index is -4.33. The molecule has 0 radical (unpaired) electrons. The molecule has 2 rings (SSSR count). The number of carboxylic acids is 1. The molecule has 0 fully saturated rings. The van der Waals surface area contributed by atoms with Gasteiger partial charge in [0.25, 0.3) is 0 Å². The fourth-order valence-corrected chi connectivity index (χ4v) is 3.22. The van der Waals surface area contributed by atoms with E-state index in [1.54, 1.807) is 0 Å². The van der Waals surface area contributed by atoms with E-state index >= 15 is 0 Å². The maximum atomic E-state index is 12.4. The summed E-state index contributed by atoms with van der Waals surface area (Å²) in [5.74, 6) is -1.38. The van der Waals surface area contributed by atoms with Gasteiger partial charge in [-0.2, -0.15) is 0 Å². The van der Waals surface area contributed by atoms with E-state index in [0.29, 0.717) is 0 Å². The van der Waals surface area contributed by atoms with Gasteiger partial charge in [0.2, 0.25) is 5.91 Å². The van der Waals surface area contributed by atoms with Crippen LogP contribution in [-0.4, -0.2) is 45.6 Å². The van der Waals surface area contributed by atoms with Gasteiger partial charge in [0.1, 0.15) is 0 Å². The summed E-state index contributed by atoms with van der Waals surface area (Å²) in [6.45, 7) is 0.173. The van der Waals surface area contributed by atoms with Crippen LogP contribution in [0, 0.1) is 0 Å². The van der Waals surface area contributed by atoms with Gasteiger partial charge in [-0.25, -0.2) is 0 Å². The number of benzene rings is 2. The van der Waals surface area contributed by atoms with Crippen LogP contribution in [-0.2, 0) is 20.6 Å². The van der Waals surface area contributed by atoms with Crippen molar-refractivity contribution in [3.05, 3.63) is 60.2 Å². The summed E-state index contributed by atoms with van der Waals surface area (Å²) in [5.41, 5.74) is 2.91. The first-order chi connectivity index (χ1) is 13.7. The number of aliphatic carboxylic acids is 1. The van der Waals surface area contributed by atoms with Crippen molar-refractivity contribution in [2.45, 2.75) is 25.3 Å². The topological polar surface area (TPSA) is 136 Å². The van der Waals surface area contributed by atoms with Crippen LogP contribution in [0.4, 0.5) is 0 Å². The van der Waals surface area contributed by atoms with Crippen LogP contribution in [0.25, 0.3) is 11.1 Å². The third-order valence-electron chi connectivity index (χ3n) is 4.23. The van der Waals surface area contributed by atoms with Gasteiger partial charge in [-0.1, -0.05) is 54.6 Å². The van der Waals surface area contributed by atoms with Crippen molar-refractivity contribution in [1.82, 2.24) is 10.6 Å². The maximum absolute atomic E-state index is 12.4. The molecule has 29 heavy (non-hydrogen) atoms. The summed E-state index contributed by atoms with van der Waals surface area (Å²) >= 11 is 0. The molecule has 9 heteroatoms. The SMILES string of the molecule is O=C(O)CCCNC(=O)[C@H](Cc1ccc(-c2ccccc2)cc1)NCP(=O)(O)O. The van der Waals surface area contributed by atoms with Crippen molar-refractivity contribution in [2.24, 2.45) is 0 Å². The summed E-state index contributed by atoms with van der Waals surface area (Å²) in [7, 11) is -4.33. The van der Waals surface area contributed by atoms with Crippen molar-refractivity contribution in [1.29, 1.82) is 0 Å². The summed E-state index contributed by atoms with van der Waals surface area (Å²) < 4.78 is 11.2. The van der Waals surface area contributed by atoms with E-state index in [9.17, 15) is 14.2 Å². The quantitative estimate of drug-likeness (QED) is 0.277. The van der Waals surface area contributed by atoms with Gasteiger partial charge < -0.3 is 20.2 Å². The van der Waals surface area contributed by atoms with Crippen LogP contribution < -0.4 is 10.6 Å². The summed E-state index contributed by atoms with van der Waals surface area (Å²) in [4.78, 5) is 41.2.